The first-order valence-corrected chi connectivity index (χ1v) is 6.71. The Balaban J connectivity index is 2.40. The Labute approximate surface area is 125 Å². The summed E-state index contributed by atoms with van der Waals surface area (Å²) < 4.78 is 1.50. The largest absolute Gasteiger partial charge is 0.338 e. The Kier molecular flexibility index (Phi) is 4.17. The smallest absolute Gasteiger partial charge is 0.224 e. The van der Waals surface area contributed by atoms with Crippen molar-refractivity contribution in [1.82, 2.24) is 9.97 Å². The van der Waals surface area contributed by atoms with E-state index in [1.807, 2.05) is 6.07 Å². The minimum atomic E-state index is 0.135. The molecule has 0 saturated heterocycles. The van der Waals surface area contributed by atoms with Gasteiger partial charge in [-0.2, -0.15) is 10.2 Å². The van der Waals surface area contributed by atoms with Crippen LogP contribution in [0.4, 0.5) is 11.5 Å². The van der Waals surface area contributed by atoms with Crippen molar-refractivity contribution in [3.05, 3.63) is 44.2 Å². The highest BCUT2D eigenvalue weighted by Gasteiger charge is 2.08. The van der Waals surface area contributed by atoms with Crippen molar-refractivity contribution in [3.8, 4) is 6.07 Å². The van der Waals surface area contributed by atoms with Gasteiger partial charge in [-0.1, -0.05) is 15.9 Å². The molecule has 1 N–H and O–H groups in total. The van der Waals surface area contributed by atoms with Gasteiger partial charge in [0.25, 0.3) is 0 Å². The van der Waals surface area contributed by atoms with Crippen LogP contribution in [0.1, 0.15) is 5.56 Å². The molecule has 2 rings (SSSR count). The molecule has 0 atom stereocenters. The van der Waals surface area contributed by atoms with E-state index in [-0.39, 0.29) is 5.28 Å². The molecule has 18 heavy (non-hydrogen) atoms. The second-order valence-corrected chi connectivity index (χ2v) is 5.37. The highest BCUT2D eigenvalue weighted by Crippen LogP contribution is 2.27. The lowest BCUT2D eigenvalue weighted by Gasteiger charge is -2.09. The molecule has 0 aliphatic carbocycles. The van der Waals surface area contributed by atoms with Crippen LogP contribution >= 0.6 is 43.5 Å². The molecule has 0 aliphatic rings. The zero-order valence-corrected chi connectivity index (χ0v) is 12.7. The second kappa shape index (κ2) is 5.65. The van der Waals surface area contributed by atoms with Crippen molar-refractivity contribution in [2.24, 2.45) is 0 Å². The van der Waals surface area contributed by atoms with E-state index in [9.17, 15) is 0 Å². The van der Waals surface area contributed by atoms with Gasteiger partial charge in [-0.05, 0) is 45.7 Å². The molecular formula is C11H5Br2ClN4. The van der Waals surface area contributed by atoms with E-state index >= 15 is 0 Å². The van der Waals surface area contributed by atoms with Crippen LogP contribution in [0.25, 0.3) is 0 Å². The number of aromatic nitrogens is 2. The van der Waals surface area contributed by atoms with E-state index in [0.717, 1.165) is 4.47 Å². The molecule has 0 saturated carbocycles. The number of nitriles is 1. The van der Waals surface area contributed by atoms with Crippen LogP contribution in [0.15, 0.2) is 33.3 Å². The zero-order valence-electron chi connectivity index (χ0n) is 8.78. The number of halogens is 3. The Morgan fingerprint density at radius 2 is 2.11 bits per heavy atom. The van der Waals surface area contributed by atoms with E-state index < -0.39 is 0 Å². The van der Waals surface area contributed by atoms with E-state index in [4.69, 9.17) is 16.9 Å². The number of hydrogen-bond acceptors (Lipinski definition) is 4. The van der Waals surface area contributed by atoms with E-state index in [1.165, 1.54) is 0 Å². The predicted octanol–water partition coefficient (Wildman–Crippen LogP) is 4.27. The third-order valence-electron chi connectivity index (χ3n) is 2.07. The Morgan fingerprint density at radius 3 is 2.83 bits per heavy atom. The quantitative estimate of drug-likeness (QED) is 0.781. The number of nitrogens with one attached hydrogen (secondary N) is 1. The van der Waals surface area contributed by atoms with E-state index in [2.05, 4.69) is 53.2 Å². The van der Waals surface area contributed by atoms with Crippen molar-refractivity contribution in [3.63, 3.8) is 0 Å². The molecule has 0 amide bonds. The van der Waals surface area contributed by atoms with Crippen molar-refractivity contribution >= 4 is 55.0 Å². The topological polar surface area (TPSA) is 61.6 Å². The van der Waals surface area contributed by atoms with Gasteiger partial charge >= 0.3 is 0 Å². The monoisotopic (exact) mass is 386 g/mol. The Bertz CT molecular complexity index is 639. The number of rotatable bonds is 2. The van der Waals surface area contributed by atoms with Gasteiger partial charge in [-0.3, -0.25) is 0 Å². The first-order valence-electron chi connectivity index (χ1n) is 4.75. The molecule has 0 fully saturated rings. The Hall–Kier alpha value is -1.16. The third kappa shape index (κ3) is 2.99. The highest BCUT2D eigenvalue weighted by atomic mass is 79.9. The molecule has 0 radical (unpaired) electrons. The summed E-state index contributed by atoms with van der Waals surface area (Å²) >= 11 is 12.4. The lowest BCUT2D eigenvalue weighted by atomic mass is 10.2. The summed E-state index contributed by atoms with van der Waals surface area (Å²) in [4.78, 5) is 7.87. The molecule has 4 nitrogen and oxygen atoms in total. The first-order chi connectivity index (χ1) is 8.60. The molecular weight excluding hydrogens is 383 g/mol. The maximum Gasteiger partial charge on any atom is 0.224 e. The van der Waals surface area contributed by atoms with Crippen LogP contribution in [0.2, 0.25) is 5.28 Å². The second-order valence-electron chi connectivity index (χ2n) is 3.26. The number of nitrogens with zero attached hydrogens (tertiary/aromatic N) is 3. The fourth-order valence-corrected chi connectivity index (χ4v) is 2.06. The van der Waals surface area contributed by atoms with E-state index in [1.54, 1.807) is 18.3 Å². The van der Waals surface area contributed by atoms with Gasteiger partial charge in [0.1, 0.15) is 11.9 Å². The summed E-state index contributed by atoms with van der Waals surface area (Å²) in [5, 5.41) is 12.2. The summed E-state index contributed by atoms with van der Waals surface area (Å²) in [5.74, 6) is 0.508. The van der Waals surface area contributed by atoms with Gasteiger partial charge in [0.05, 0.1) is 15.7 Å². The summed E-state index contributed by atoms with van der Waals surface area (Å²) in [6, 6.07) is 7.44. The highest BCUT2D eigenvalue weighted by molar-refractivity contribution is 9.10. The maximum atomic E-state index is 9.06. The van der Waals surface area contributed by atoms with Crippen LogP contribution in [0.5, 0.6) is 0 Å². The number of benzene rings is 1. The number of hydrogen-bond donors (Lipinski definition) is 1. The molecule has 0 unspecified atom stereocenters. The molecule has 90 valence electrons. The van der Waals surface area contributed by atoms with E-state index in [0.29, 0.717) is 21.5 Å². The molecule has 0 spiro atoms. The summed E-state index contributed by atoms with van der Waals surface area (Å²) in [7, 11) is 0. The minimum Gasteiger partial charge on any atom is -0.338 e. The van der Waals surface area contributed by atoms with Gasteiger partial charge in [-0.15, -0.1) is 0 Å². The van der Waals surface area contributed by atoms with Crippen LogP contribution in [0, 0.1) is 11.3 Å². The summed E-state index contributed by atoms with van der Waals surface area (Å²) in [5.41, 5.74) is 1.15. The fourth-order valence-electron chi connectivity index (χ4n) is 1.28. The van der Waals surface area contributed by atoms with Crippen molar-refractivity contribution in [1.29, 1.82) is 5.26 Å². The Morgan fingerprint density at radius 1 is 1.33 bits per heavy atom. The average molecular weight is 388 g/mol. The van der Waals surface area contributed by atoms with Crippen molar-refractivity contribution in [2.45, 2.75) is 0 Å². The minimum absolute atomic E-state index is 0.135. The SMILES string of the molecule is N#Cc1cc(Br)ccc1Nc1nc(Cl)ncc1Br. The van der Waals surface area contributed by atoms with Gasteiger partial charge in [0.15, 0.2) is 0 Å². The standard InChI is InChI=1S/C11H5Br2ClN4/c12-7-1-2-9(6(3-7)4-15)17-10-8(13)5-16-11(14)18-10/h1-3,5H,(H,16,17,18). The van der Waals surface area contributed by atoms with Crippen LogP contribution < -0.4 is 5.32 Å². The summed E-state index contributed by atoms with van der Waals surface area (Å²) in [6.45, 7) is 0. The van der Waals surface area contributed by atoms with Gasteiger partial charge in [0.2, 0.25) is 5.28 Å². The lowest BCUT2D eigenvalue weighted by molar-refractivity contribution is 1.15. The zero-order chi connectivity index (χ0) is 13.1. The van der Waals surface area contributed by atoms with Crippen molar-refractivity contribution < 1.29 is 0 Å². The predicted molar refractivity (Wildman–Crippen MR) is 76.9 cm³/mol. The van der Waals surface area contributed by atoms with Crippen LogP contribution in [-0.4, -0.2) is 9.97 Å². The first kappa shape index (κ1) is 13.3. The maximum absolute atomic E-state index is 9.06. The van der Waals surface area contributed by atoms with Gasteiger partial charge in [-0.25, -0.2) is 4.98 Å². The van der Waals surface area contributed by atoms with Gasteiger partial charge < -0.3 is 5.32 Å². The van der Waals surface area contributed by atoms with Crippen LogP contribution in [0.3, 0.4) is 0 Å². The fraction of sp³-hybridized carbons (Fsp3) is 0. The molecule has 0 aliphatic heterocycles. The molecule has 1 heterocycles. The lowest BCUT2D eigenvalue weighted by Crippen LogP contribution is -1.98. The molecule has 1 aromatic carbocycles. The molecule has 1 aromatic heterocycles. The number of anilines is 2. The molecule has 2 aromatic rings. The van der Waals surface area contributed by atoms with Crippen molar-refractivity contribution in [2.75, 3.05) is 5.32 Å². The normalized spacial score (nSPS) is 9.89. The summed E-state index contributed by atoms with van der Waals surface area (Å²) in [6.07, 6.45) is 1.54. The average Bonchev–Trinajstić information content (AvgIpc) is 2.36. The molecule has 7 heteroatoms. The van der Waals surface area contributed by atoms with Crippen LogP contribution in [-0.2, 0) is 0 Å². The van der Waals surface area contributed by atoms with Gasteiger partial charge in [0, 0.05) is 10.7 Å². The third-order valence-corrected chi connectivity index (χ3v) is 3.33. The molecule has 0 bridgehead atoms.